The van der Waals surface area contributed by atoms with E-state index in [2.05, 4.69) is 0 Å². The van der Waals surface area contributed by atoms with Crippen molar-refractivity contribution in [1.29, 1.82) is 0 Å². The summed E-state index contributed by atoms with van der Waals surface area (Å²) in [6, 6.07) is 0. The molecule has 0 bridgehead atoms. The van der Waals surface area contributed by atoms with E-state index >= 15 is 0 Å². The predicted octanol–water partition coefficient (Wildman–Crippen LogP) is 0.879. The molecule has 1 saturated heterocycles. The summed E-state index contributed by atoms with van der Waals surface area (Å²) >= 11 is 0. The van der Waals surface area contributed by atoms with Gasteiger partial charge in [0.05, 0.1) is 0 Å². The quantitative estimate of drug-likeness (QED) is 0.491. The third-order valence-electron chi connectivity index (χ3n) is 2.95. The molecule has 1 heterocycles. The van der Waals surface area contributed by atoms with E-state index in [4.69, 9.17) is 0 Å². The van der Waals surface area contributed by atoms with Crippen molar-refractivity contribution >= 4 is 11.7 Å². The average molecular weight is 225 g/mol. The Kier molecular flexibility index (Phi) is 1.74. The number of Topliss-reactive ketones (excluding diaryl/α,β-unsaturated/α-hetero) is 1. The molecule has 2 fully saturated rings. The highest BCUT2D eigenvalue weighted by Crippen LogP contribution is 2.49. The summed E-state index contributed by atoms with van der Waals surface area (Å²) in [5, 5.41) is 1.47. The average Bonchev–Trinajstić information content (AvgIpc) is 2.48. The van der Waals surface area contributed by atoms with E-state index in [1.54, 1.807) is 0 Å². The van der Waals surface area contributed by atoms with Crippen LogP contribution in [-0.2, 0) is 9.59 Å². The van der Waals surface area contributed by atoms with Crippen LogP contribution in [0, 0.1) is 0 Å². The maximum absolute atomic E-state index is 13.3. The first-order chi connectivity index (χ1) is 6.74. The molecule has 15 heavy (non-hydrogen) atoms. The molecule has 0 aromatic carbocycles. The van der Waals surface area contributed by atoms with E-state index in [9.17, 15) is 27.2 Å². The maximum Gasteiger partial charge on any atom is 0.384 e. The number of hydrogen-bond donors (Lipinski definition) is 1. The maximum atomic E-state index is 13.3. The van der Waals surface area contributed by atoms with E-state index in [-0.39, 0.29) is 6.42 Å². The second-order valence-electron chi connectivity index (χ2n) is 3.82. The van der Waals surface area contributed by atoms with Crippen molar-refractivity contribution in [2.45, 2.75) is 36.6 Å². The van der Waals surface area contributed by atoms with Crippen LogP contribution in [0.5, 0.6) is 0 Å². The lowest BCUT2D eigenvalue weighted by molar-refractivity contribution is -0.155. The molecule has 1 spiro atoms. The number of alkyl halides is 4. The third-order valence-corrected chi connectivity index (χ3v) is 2.95. The van der Waals surface area contributed by atoms with Crippen molar-refractivity contribution in [1.82, 2.24) is 5.32 Å². The monoisotopic (exact) mass is 225 g/mol. The summed E-state index contributed by atoms with van der Waals surface area (Å²) in [5.41, 5.74) is -2.67. The van der Waals surface area contributed by atoms with E-state index in [0.717, 1.165) is 0 Å². The predicted molar refractivity (Wildman–Crippen MR) is 39.6 cm³/mol. The van der Waals surface area contributed by atoms with Crippen LogP contribution in [0.3, 0.4) is 0 Å². The second kappa shape index (κ2) is 2.51. The molecule has 0 aromatic heterocycles. The molecule has 2 aliphatic rings. The number of nitrogens with one attached hydrogen (secondary N) is 1. The number of ketones is 1. The van der Waals surface area contributed by atoms with Gasteiger partial charge in [-0.15, -0.1) is 0 Å². The molecular weight excluding hydrogens is 218 g/mol. The minimum atomic E-state index is -4.33. The normalized spacial score (nSPS) is 37.3. The van der Waals surface area contributed by atoms with E-state index in [0.29, 0.717) is 0 Å². The Bertz CT molecular complexity index is 355. The molecule has 1 amide bonds. The fourth-order valence-corrected chi connectivity index (χ4v) is 2.11. The minimum absolute atomic E-state index is 0.0604. The molecule has 0 radical (unpaired) electrons. The summed E-state index contributed by atoms with van der Waals surface area (Å²) in [6.45, 7) is 0. The van der Waals surface area contributed by atoms with Gasteiger partial charge in [0.15, 0.2) is 5.54 Å². The van der Waals surface area contributed by atoms with E-state index in [1.165, 1.54) is 5.32 Å². The summed E-state index contributed by atoms with van der Waals surface area (Å²) < 4.78 is 52.4. The second-order valence-corrected chi connectivity index (χ2v) is 3.82. The fourth-order valence-electron chi connectivity index (χ4n) is 2.11. The van der Waals surface area contributed by atoms with Gasteiger partial charge in [0.2, 0.25) is 5.78 Å². The number of carbonyl (C=O) groups excluding carboxylic acids is 2. The van der Waals surface area contributed by atoms with Crippen LogP contribution in [-0.4, -0.2) is 29.1 Å². The van der Waals surface area contributed by atoms with Gasteiger partial charge in [-0.05, 0) is 12.8 Å². The van der Waals surface area contributed by atoms with Gasteiger partial charge in [-0.1, -0.05) is 0 Å². The van der Waals surface area contributed by atoms with Crippen LogP contribution in [0.25, 0.3) is 0 Å². The molecule has 1 atom stereocenters. The summed E-state index contributed by atoms with van der Waals surface area (Å²) in [5.74, 6) is -11.8. The Balaban J connectivity index is 2.49. The van der Waals surface area contributed by atoms with Crippen molar-refractivity contribution in [3.63, 3.8) is 0 Å². The van der Waals surface area contributed by atoms with Gasteiger partial charge in [-0.2, -0.15) is 8.78 Å². The van der Waals surface area contributed by atoms with Gasteiger partial charge >= 0.3 is 5.92 Å². The number of halogens is 4. The first-order valence-corrected chi connectivity index (χ1v) is 4.37. The number of rotatable bonds is 0. The van der Waals surface area contributed by atoms with Crippen molar-refractivity contribution in [2.24, 2.45) is 0 Å². The van der Waals surface area contributed by atoms with Gasteiger partial charge < -0.3 is 5.32 Å². The Morgan fingerprint density at radius 2 is 1.67 bits per heavy atom. The van der Waals surface area contributed by atoms with Crippen molar-refractivity contribution in [3.8, 4) is 0 Å². The Labute approximate surface area is 81.8 Å². The smallest absolute Gasteiger partial charge is 0.332 e. The van der Waals surface area contributed by atoms with Crippen molar-refractivity contribution in [3.05, 3.63) is 0 Å². The van der Waals surface area contributed by atoms with Gasteiger partial charge in [-0.3, -0.25) is 9.59 Å². The molecule has 3 nitrogen and oxygen atoms in total. The Morgan fingerprint density at radius 3 is 2.00 bits per heavy atom. The fraction of sp³-hybridized carbons (Fsp3) is 0.750. The summed E-state index contributed by atoms with van der Waals surface area (Å²) in [7, 11) is 0. The lowest BCUT2D eigenvalue weighted by Crippen LogP contribution is -2.57. The molecule has 1 N–H and O–H groups in total. The first-order valence-electron chi connectivity index (χ1n) is 4.37. The van der Waals surface area contributed by atoms with Crippen LogP contribution in [0.4, 0.5) is 17.6 Å². The van der Waals surface area contributed by atoms with E-state index in [1.807, 2.05) is 0 Å². The van der Waals surface area contributed by atoms with Gasteiger partial charge in [0.1, 0.15) is 0 Å². The Morgan fingerprint density at radius 1 is 1.07 bits per heavy atom. The molecule has 7 heteroatoms. The van der Waals surface area contributed by atoms with E-state index < -0.39 is 41.9 Å². The lowest BCUT2D eigenvalue weighted by Gasteiger charge is -2.28. The van der Waals surface area contributed by atoms with Gasteiger partial charge in [-0.25, -0.2) is 8.78 Å². The molecular formula is C8H7F4NO2. The molecule has 1 saturated carbocycles. The number of carbonyl (C=O) groups is 2. The van der Waals surface area contributed by atoms with Gasteiger partial charge in [0.25, 0.3) is 11.8 Å². The lowest BCUT2D eigenvalue weighted by atomic mass is 9.90. The summed E-state index contributed by atoms with van der Waals surface area (Å²) in [4.78, 5) is 21.9. The van der Waals surface area contributed by atoms with Crippen molar-refractivity contribution in [2.75, 3.05) is 0 Å². The van der Waals surface area contributed by atoms with Gasteiger partial charge in [0, 0.05) is 6.42 Å². The first kappa shape index (κ1) is 10.4. The molecule has 84 valence electrons. The zero-order valence-corrected chi connectivity index (χ0v) is 7.45. The molecule has 1 aliphatic carbocycles. The number of hydrogen-bond acceptors (Lipinski definition) is 2. The number of amides is 1. The topological polar surface area (TPSA) is 46.2 Å². The summed E-state index contributed by atoms with van der Waals surface area (Å²) in [6.07, 6.45) is -1.15. The van der Waals surface area contributed by atoms with Crippen LogP contribution in [0.2, 0.25) is 0 Å². The highest BCUT2D eigenvalue weighted by molar-refractivity contribution is 6.18. The zero-order valence-electron chi connectivity index (χ0n) is 7.45. The van der Waals surface area contributed by atoms with Crippen LogP contribution >= 0.6 is 0 Å². The van der Waals surface area contributed by atoms with Crippen molar-refractivity contribution < 1.29 is 27.2 Å². The largest absolute Gasteiger partial charge is 0.384 e. The highest BCUT2D eigenvalue weighted by atomic mass is 19.3. The molecule has 2 rings (SSSR count). The Hall–Kier alpha value is -1.14. The van der Waals surface area contributed by atoms with Crippen LogP contribution < -0.4 is 5.32 Å². The molecule has 1 unspecified atom stereocenters. The highest BCUT2D eigenvalue weighted by Gasteiger charge is 2.75. The van der Waals surface area contributed by atoms with Crippen LogP contribution in [0.15, 0.2) is 0 Å². The standard InChI is InChI=1S/C8H7F4NO2/c9-7(10)3-1-2-6(7)4(14)8(11,12)5(15)13-6/h1-3H2,(H,13,15). The van der Waals surface area contributed by atoms with Crippen LogP contribution in [0.1, 0.15) is 19.3 Å². The molecule has 1 aliphatic heterocycles. The minimum Gasteiger partial charge on any atom is -0.332 e. The zero-order chi connectivity index (χ0) is 11.5. The third kappa shape index (κ3) is 1.00. The molecule has 0 aromatic rings. The SMILES string of the molecule is O=C1NC2(CCCC2(F)F)C(=O)C1(F)F.